The molecule has 0 aliphatic carbocycles. The fourth-order valence-electron chi connectivity index (χ4n) is 4.34. The molecular formula is C28H25F2NO5. The van der Waals surface area contributed by atoms with Crippen molar-refractivity contribution in [3.8, 4) is 11.5 Å². The molecular weight excluding hydrogens is 468 g/mol. The van der Waals surface area contributed by atoms with Crippen molar-refractivity contribution in [3.63, 3.8) is 0 Å². The first-order valence-electron chi connectivity index (χ1n) is 11.2. The maximum atomic E-state index is 14.1. The van der Waals surface area contributed by atoms with Gasteiger partial charge in [0.05, 0.1) is 18.7 Å². The zero-order valence-electron chi connectivity index (χ0n) is 20.2. The summed E-state index contributed by atoms with van der Waals surface area (Å²) in [6.07, 6.45) is 0. The van der Waals surface area contributed by atoms with Gasteiger partial charge in [-0.2, -0.15) is 0 Å². The SMILES string of the molecule is COc1ccc(/C(O)=C2/C(=O)C(=O)N(c3ccc(F)c(F)c3)C2c2cccc(O)c2)cc1C(C)(C)C. The highest BCUT2D eigenvalue weighted by Gasteiger charge is 2.47. The Balaban J connectivity index is 1.98. The monoisotopic (exact) mass is 493 g/mol. The highest BCUT2D eigenvalue weighted by atomic mass is 19.2. The van der Waals surface area contributed by atoms with Gasteiger partial charge in [-0.1, -0.05) is 32.9 Å². The van der Waals surface area contributed by atoms with Crippen molar-refractivity contribution in [1.29, 1.82) is 0 Å². The van der Waals surface area contributed by atoms with Crippen LogP contribution in [0.25, 0.3) is 5.76 Å². The molecule has 4 rings (SSSR count). The van der Waals surface area contributed by atoms with E-state index >= 15 is 0 Å². The molecule has 3 aromatic rings. The number of methoxy groups -OCH3 is 1. The third-order valence-electron chi connectivity index (χ3n) is 6.09. The van der Waals surface area contributed by atoms with Gasteiger partial charge in [-0.05, 0) is 53.4 Å². The number of aliphatic hydroxyl groups excluding tert-OH is 1. The van der Waals surface area contributed by atoms with Gasteiger partial charge >= 0.3 is 0 Å². The number of carbonyl (C=O) groups is 2. The lowest BCUT2D eigenvalue weighted by Crippen LogP contribution is -2.29. The Morgan fingerprint density at radius 2 is 1.69 bits per heavy atom. The van der Waals surface area contributed by atoms with Crippen LogP contribution >= 0.6 is 0 Å². The number of phenols is 1. The molecule has 0 saturated carbocycles. The average molecular weight is 494 g/mol. The number of Topliss-reactive ketones (excluding diaryl/α,β-unsaturated/α-hetero) is 1. The van der Waals surface area contributed by atoms with Crippen LogP contribution in [0.4, 0.5) is 14.5 Å². The van der Waals surface area contributed by atoms with E-state index in [0.29, 0.717) is 11.3 Å². The molecule has 36 heavy (non-hydrogen) atoms. The molecule has 1 fully saturated rings. The minimum absolute atomic E-state index is 0.0755. The minimum Gasteiger partial charge on any atom is -0.508 e. The highest BCUT2D eigenvalue weighted by molar-refractivity contribution is 6.51. The van der Waals surface area contributed by atoms with Gasteiger partial charge in [-0.25, -0.2) is 8.78 Å². The van der Waals surface area contributed by atoms with Gasteiger partial charge in [0.25, 0.3) is 11.7 Å². The van der Waals surface area contributed by atoms with E-state index in [-0.39, 0.29) is 28.0 Å². The largest absolute Gasteiger partial charge is 0.508 e. The van der Waals surface area contributed by atoms with Crippen LogP contribution in [-0.4, -0.2) is 29.0 Å². The molecule has 1 unspecified atom stereocenters. The van der Waals surface area contributed by atoms with Crippen LogP contribution in [0.3, 0.4) is 0 Å². The van der Waals surface area contributed by atoms with Crippen molar-refractivity contribution in [3.05, 3.63) is 94.6 Å². The van der Waals surface area contributed by atoms with Gasteiger partial charge in [0.2, 0.25) is 0 Å². The highest BCUT2D eigenvalue weighted by Crippen LogP contribution is 2.44. The molecule has 0 bridgehead atoms. The lowest BCUT2D eigenvalue weighted by atomic mass is 9.84. The summed E-state index contributed by atoms with van der Waals surface area (Å²) in [6.45, 7) is 5.89. The summed E-state index contributed by atoms with van der Waals surface area (Å²) in [5.41, 5.74) is 0.634. The molecule has 1 saturated heterocycles. The van der Waals surface area contributed by atoms with Crippen LogP contribution in [0.2, 0.25) is 0 Å². The second-order valence-corrected chi connectivity index (χ2v) is 9.53. The number of aliphatic hydroxyl groups is 1. The third-order valence-corrected chi connectivity index (χ3v) is 6.09. The maximum absolute atomic E-state index is 14.1. The molecule has 186 valence electrons. The van der Waals surface area contributed by atoms with Gasteiger partial charge < -0.3 is 14.9 Å². The lowest BCUT2D eigenvalue weighted by molar-refractivity contribution is -0.132. The van der Waals surface area contributed by atoms with E-state index in [0.717, 1.165) is 22.6 Å². The number of nitrogens with zero attached hydrogens (tertiary/aromatic N) is 1. The Kier molecular flexibility index (Phi) is 6.30. The predicted octanol–water partition coefficient (Wildman–Crippen LogP) is 5.60. The summed E-state index contributed by atoms with van der Waals surface area (Å²) < 4.78 is 33.2. The molecule has 0 aromatic heterocycles. The van der Waals surface area contributed by atoms with E-state index in [1.165, 1.54) is 31.4 Å². The number of phenolic OH excluding ortho intramolecular Hbond substituents is 1. The first-order chi connectivity index (χ1) is 16.9. The van der Waals surface area contributed by atoms with E-state index < -0.39 is 35.1 Å². The summed E-state index contributed by atoms with van der Waals surface area (Å²) in [7, 11) is 1.53. The molecule has 0 spiro atoms. The molecule has 2 N–H and O–H groups in total. The molecule has 1 atom stereocenters. The van der Waals surface area contributed by atoms with Crippen LogP contribution in [0.15, 0.2) is 66.2 Å². The van der Waals surface area contributed by atoms with Gasteiger partial charge in [-0.15, -0.1) is 0 Å². The van der Waals surface area contributed by atoms with E-state index in [1.807, 2.05) is 20.8 Å². The van der Waals surface area contributed by atoms with E-state index in [9.17, 15) is 28.6 Å². The molecule has 1 amide bonds. The van der Waals surface area contributed by atoms with Crippen molar-refractivity contribution in [2.24, 2.45) is 0 Å². The summed E-state index contributed by atoms with van der Waals surface area (Å²) >= 11 is 0. The molecule has 6 nitrogen and oxygen atoms in total. The van der Waals surface area contributed by atoms with Crippen LogP contribution in [0.5, 0.6) is 11.5 Å². The van der Waals surface area contributed by atoms with Crippen LogP contribution < -0.4 is 9.64 Å². The first-order valence-corrected chi connectivity index (χ1v) is 11.2. The smallest absolute Gasteiger partial charge is 0.300 e. The molecule has 3 aromatic carbocycles. The van der Waals surface area contributed by atoms with Gasteiger partial charge in [0.15, 0.2) is 11.6 Å². The summed E-state index contributed by atoms with van der Waals surface area (Å²) in [4.78, 5) is 27.4. The summed E-state index contributed by atoms with van der Waals surface area (Å²) in [5.74, 6) is -4.33. The average Bonchev–Trinajstić information content (AvgIpc) is 3.10. The van der Waals surface area contributed by atoms with Gasteiger partial charge in [-0.3, -0.25) is 14.5 Å². The number of hydrogen-bond acceptors (Lipinski definition) is 5. The number of hydrogen-bond donors (Lipinski definition) is 2. The zero-order chi connectivity index (χ0) is 26.4. The second-order valence-electron chi connectivity index (χ2n) is 9.53. The van der Waals surface area contributed by atoms with E-state index in [4.69, 9.17) is 4.74 Å². The number of ketones is 1. The normalized spacial score (nSPS) is 17.5. The van der Waals surface area contributed by atoms with Crippen molar-refractivity contribution in [1.82, 2.24) is 0 Å². The number of rotatable bonds is 4. The number of benzene rings is 3. The minimum atomic E-state index is -1.21. The Morgan fingerprint density at radius 1 is 0.972 bits per heavy atom. The molecule has 8 heteroatoms. The Hall–Kier alpha value is -4.20. The van der Waals surface area contributed by atoms with Gasteiger partial charge in [0.1, 0.15) is 17.3 Å². The predicted molar refractivity (Wildman–Crippen MR) is 131 cm³/mol. The molecule has 1 aliphatic rings. The summed E-state index contributed by atoms with van der Waals surface area (Å²) in [5, 5.41) is 21.4. The number of carbonyl (C=O) groups excluding carboxylic acids is 2. The Bertz CT molecular complexity index is 1410. The molecule has 1 aliphatic heterocycles. The number of ether oxygens (including phenoxy) is 1. The maximum Gasteiger partial charge on any atom is 0.300 e. The Morgan fingerprint density at radius 3 is 2.31 bits per heavy atom. The molecule has 1 heterocycles. The number of anilines is 1. The van der Waals surface area contributed by atoms with Gasteiger partial charge in [0, 0.05) is 22.9 Å². The zero-order valence-corrected chi connectivity index (χ0v) is 20.2. The Labute approximate surface area is 207 Å². The van der Waals surface area contributed by atoms with Crippen LogP contribution in [0.1, 0.15) is 43.5 Å². The fourth-order valence-corrected chi connectivity index (χ4v) is 4.34. The fraction of sp³-hybridized carbons (Fsp3) is 0.214. The van der Waals surface area contributed by atoms with Crippen LogP contribution in [0, 0.1) is 11.6 Å². The standard InChI is InChI=1S/C28H25F2NO5/c1-28(2,3)19-13-16(8-11-22(19)36-4)25(33)23-24(15-6-5-7-18(32)12-15)31(27(35)26(23)34)17-9-10-20(29)21(30)14-17/h5-14,24,32-33H,1-4H3/b25-23-. The van der Waals surface area contributed by atoms with Crippen molar-refractivity contribution in [2.45, 2.75) is 32.2 Å². The number of halogens is 2. The second kappa shape index (κ2) is 9.11. The van der Waals surface area contributed by atoms with Crippen LogP contribution in [-0.2, 0) is 15.0 Å². The number of amides is 1. The van der Waals surface area contributed by atoms with Crippen molar-refractivity contribution in [2.75, 3.05) is 12.0 Å². The quantitative estimate of drug-likeness (QED) is 0.281. The van der Waals surface area contributed by atoms with E-state index in [1.54, 1.807) is 24.3 Å². The summed E-state index contributed by atoms with van der Waals surface area (Å²) in [6, 6.07) is 12.3. The van der Waals surface area contributed by atoms with Crippen molar-refractivity contribution >= 4 is 23.1 Å². The number of aromatic hydroxyl groups is 1. The van der Waals surface area contributed by atoms with Crippen molar-refractivity contribution < 1.29 is 33.3 Å². The van der Waals surface area contributed by atoms with E-state index in [2.05, 4.69) is 0 Å². The third kappa shape index (κ3) is 4.30. The topological polar surface area (TPSA) is 87.1 Å². The molecule has 0 radical (unpaired) electrons. The first kappa shape index (κ1) is 24.9. The lowest BCUT2D eigenvalue weighted by Gasteiger charge is -2.26.